The van der Waals surface area contributed by atoms with Crippen molar-refractivity contribution in [3.8, 4) is 0 Å². The fourth-order valence-electron chi connectivity index (χ4n) is 2.10. The Morgan fingerprint density at radius 3 is 2.71 bits per heavy atom. The second kappa shape index (κ2) is 5.93. The number of nitrogens with two attached hydrogens (primary N) is 1. The number of carbonyl (C=O) groups is 1. The quantitative estimate of drug-likeness (QED) is 0.864. The number of amides is 1. The SMILES string of the molecule is CC(C)(C)OC(=O)N1CC=C(c2ncc(Cl)cc2N)CC1. The molecule has 2 N–H and O–H groups in total. The minimum absolute atomic E-state index is 0.296. The van der Waals surface area contributed by atoms with Gasteiger partial charge in [0, 0.05) is 19.3 Å². The Morgan fingerprint density at radius 2 is 2.19 bits per heavy atom. The Morgan fingerprint density at radius 1 is 1.48 bits per heavy atom. The summed E-state index contributed by atoms with van der Waals surface area (Å²) >= 11 is 5.85. The molecule has 0 unspecified atom stereocenters. The first-order valence-electron chi connectivity index (χ1n) is 6.84. The summed E-state index contributed by atoms with van der Waals surface area (Å²) < 4.78 is 5.36. The average Bonchev–Trinajstić information content (AvgIpc) is 2.37. The summed E-state index contributed by atoms with van der Waals surface area (Å²) in [5, 5.41) is 0.517. The smallest absolute Gasteiger partial charge is 0.410 e. The van der Waals surface area contributed by atoms with Crippen LogP contribution in [0.4, 0.5) is 10.5 Å². The van der Waals surface area contributed by atoms with Gasteiger partial charge >= 0.3 is 6.09 Å². The zero-order valence-corrected chi connectivity index (χ0v) is 13.3. The van der Waals surface area contributed by atoms with Gasteiger partial charge in [0.1, 0.15) is 5.60 Å². The number of nitrogens with zero attached hydrogens (tertiary/aromatic N) is 2. The number of pyridine rings is 1. The molecule has 6 heteroatoms. The number of hydrogen-bond donors (Lipinski definition) is 1. The van der Waals surface area contributed by atoms with Crippen LogP contribution in [-0.2, 0) is 4.74 Å². The Labute approximate surface area is 129 Å². The molecule has 0 spiro atoms. The molecule has 0 fully saturated rings. The number of anilines is 1. The molecule has 1 aliphatic rings. The van der Waals surface area contributed by atoms with Crippen molar-refractivity contribution < 1.29 is 9.53 Å². The molecule has 2 rings (SSSR count). The lowest BCUT2D eigenvalue weighted by molar-refractivity contribution is 0.0270. The molecule has 1 aliphatic heterocycles. The summed E-state index contributed by atoms with van der Waals surface area (Å²) in [6.07, 6.45) is 3.93. The van der Waals surface area contributed by atoms with Crippen LogP contribution in [0.25, 0.3) is 5.57 Å². The van der Waals surface area contributed by atoms with E-state index in [0.717, 1.165) is 11.3 Å². The van der Waals surface area contributed by atoms with Gasteiger partial charge in [-0.1, -0.05) is 17.7 Å². The van der Waals surface area contributed by atoms with Gasteiger partial charge in [0.25, 0.3) is 0 Å². The van der Waals surface area contributed by atoms with E-state index in [2.05, 4.69) is 4.98 Å². The highest BCUT2D eigenvalue weighted by Gasteiger charge is 2.24. The maximum absolute atomic E-state index is 12.0. The van der Waals surface area contributed by atoms with Crippen molar-refractivity contribution in [2.24, 2.45) is 0 Å². The molecule has 0 bridgehead atoms. The molecule has 21 heavy (non-hydrogen) atoms. The molecule has 0 saturated carbocycles. The molecule has 0 saturated heterocycles. The van der Waals surface area contributed by atoms with Gasteiger partial charge in [-0.2, -0.15) is 0 Å². The lowest BCUT2D eigenvalue weighted by atomic mass is 10.0. The van der Waals surface area contributed by atoms with E-state index in [9.17, 15) is 4.79 Å². The van der Waals surface area contributed by atoms with Crippen LogP contribution in [0, 0.1) is 0 Å². The molecule has 0 aliphatic carbocycles. The lowest BCUT2D eigenvalue weighted by Crippen LogP contribution is -2.39. The zero-order chi connectivity index (χ0) is 15.6. The van der Waals surface area contributed by atoms with Crippen molar-refractivity contribution in [1.29, 1.82) is 0 Å². The van der Waals surface area contributed by atoms with E-state index in [1.54, 1.807) is 17.2 Å². The number of nitrogen functional groups attached to an aromatic ring is 1. The Hall–Kier alpha value is -1.75. The van der Waals surface area contributed by atoms with Crippen molar-refractivity contribution in [3.63, 3.8) is 0 Å². The molecule has 1 aromatic heterocycles. The van der Waals surface area contributed by atoms with Gasteiger partial charge in [-0.05, 0) is 38.8 Å². The van der Waals surface area contributed by atoms with E-state index in [4.69, 9.17) is 22.1 Å². The number of aromatic nitrogens is 1. The molecule has 2 heterocycles. The van der Waals surface area contributed by atoms with E-state index in [1.165, 1.54) is 0 Å². The van der Waals surface area contributed by atoms with Crippen LogP contribution in [0.5, 0.6) is 0 Å². The maximum Gasteiger partial charge on any atom is 0.410 e. The number of rotatable bonds is 1. The first kappa shape index (κ1) is 15.6. The first-order chi connectivity index (χ1) is 9.76. The zero-order valence-electron chi connectivity index (χ0n) is 12.5. The Bertz CT molecular complexity index is 579. The van der Waals surface area contributed by atoms with Gasteiger partial charge < -0.3 is 15.4 Å². The Kier molecular flexibility index (Phi) is 4.42. The predicted molar refractivity (Wildman–Crippen MR) is 84.1 cm³/mol. The van der Waals surface area contributed by atoms with Gasteiger partial charge in [0.05, 0.1) is 16.4 Å². The van der Waals surface area contributed by atoms with Crippen molar-refractivity contribution in [1.82, 2.24) is 9.88 Å². The van der Waals surface area contributed by atoms with Gasteiger partial charge in [-0.15, -0.1) is 0 Å². The molecule has 0 radical (unpaired) electrons. The highest BCUT2D eigenvalue weighted by molar-refractivity contribution is 6.30. The van der Waals surface area contributed by atoms with Crippen molar-refractivity contribution in [2.75, 3.05) is 18.8 Å². The second-order valence-corrected chi connectivity index (χ2v) is 6.43. The lowest BCUT2D eigenvalue weighted by Gasteiger charge is -2.29. The third-order valence-corrected chi connectivity index (χ3v) is 3.26. The van der Waals surface area contributed by atoms with Crippen LogP contribution in [0.1, 0.15) is 32.9 Å². The summed E-state index contributed by atoms with van der Waals surface area (Å²) in [5.74, 6) is 0. The fraction of sp³-hybridized carbons (Fsp3) is 0.467. The molecule has 5 nitrogen and oxygen atoms in total. The van der Waals surface area contributed by atoms with Gasteiger partial charge in [0.2, 0.25) is 0 Å². The molecule has 1 aromatic rings. The standard InChI is InChI=1S/C15H20ClN3O2/c1-15(2,3)21-14(20)19-6-4-10(5-7-19)13-12(17)8-11(16)9-18-13/h4,8-9H,5-7,17H2,1-3H3. The van der Waals surface area contributed by atoms with E-state index in [0.29, 0.717) is 30.2 Å². The van der Waals surface area contributed by atoms with E-state index in [1.807, 2.05) is 26.8 Å². The third kappa shape index (κ3) is 4.11. The van der Waals surface area contributed by atoms with Crippen LogP contribution in [0.3, 0.4) is 0 Å². The summed E-state index contributed by atoms with van der Waals surface area (Å²) in [7, 11) is 0. The third-order valence-electron chi connectivity index (χ3n) is 3.05. The van der Waals surface area contributed by atoms with Gasteiger partial charge in [-0.25, -0.2) is 4.79 Å². The summed E-state index contributed by atoms with van der Waals surface area (Å²) in [5.41, 5.74) is 7.78. The van der Waals surface area contributed by atoms with Crippen molar-refractivity contribution >= 4 is 29.0 Å². The summed E-state index contributed by atoms with van der Waals surface area (Å²) in [4.78, 5) is 17.9. The van der Waals surface area contributed by atoms with Crippen LogP contribution < -0.4 is 5.73 Å². The topological polar surface area (TPSA) is 68.5 Å². The average molecular weight is 310 g/mol. The molecular formula is C15H20ClN3O2. The first-order valence-corrected chi connectivity index (χ1v) is 7.22. The van der Waals surface area contributed by atoms with Crippen LogP contribution in [0.15, 0.2) is 18.3 Å². The Balaban J connectivity index is 2.07. The van der Waals surface area contributed by atoms with Crippen LogP contribution in [-0.4, -0.2) is 34.7 Å². The minimum Gasteiger partial charge on any atom is -0.444 e. The number of halogens is 1. The van der Waals surface area contributed by atoms with Crippen LogP contribution in [0.2, 0.25) is 5.02 Å². The summed E-state index contributed by atoms with van der Waals surface area (Å²) in [6, 6.07) is 1.69. The molecular weight excluding hydrogens is 290 g/mol. The van der Waals surface area contributed by atoms with E-state index in [-0.39, 0.29) is 6.09 Å². The van der Waals surface area contributed by atoms with Gasteiger partial charge in [-0.3, -0.25) is 4.98 Å². The highest BCUT2D eigenvalue weighted by Crippen LogP contribution is 2.27. The highest BCUT2D eigenvalue weighted by atomic mass is 35.5. The van der Waals surface area contributed by atoms with E-state index < -0.39 is 5.60 Å². The monoisotopic (exact) mass is 309 g/mol. The fourth-order valence-corrected chi connectivity index (χ4v) is 2.27. The van der Waals surface area contributed by atoms with Gasteiger partial charge in [0.15, 0.2) is 0 Å². The molecule has 1 amide bonds. The number of hydrogen-bond acceptors (Lipinski definition) is 4. The van der Waals surface area contributed by atoms with Crippen molar-refractivity contribution in [2.45, 2.75) is 32.8 Å². The largest absolute Gasteiger partial charge is 0.444 e. The molecule has 0 atom stereocenters. The summed E-state index contributed by atoms with van der Waals surface area (Å²) in [6.45, 7) is 6.65. The normalized spacial score (nSPS) is 15.6. The number of ether oxygens (including phenoxy) is 1. The van der Waals surface area contributed by atoms with Crippen LogP contribution >= 0.6 is 11.6 Å². The van der Waals surface area contributed by atoms with E-state index >= 15 is 0 Å². The second-order valence-electron chi connectivity index (χ2n) is 6.00. The minimum atomic E-state index is -0.483. The molecule has 114 valence electrons. The maximum atomic E-state index is 12.0. The predicted octanol–water partition coefficient (Wildman–Crippen LogP) is 3.34. The van der Waals surface area contributed by atoms with Crippen molar-refractivity contribution in [3.05, 3.63) is 29.1 Å². The number of carbonyl (C=O) groups excluding carboxylic acids is 1. The molecule has 0 aromatic carbocycles.